The van der Waals surface area contributed by atoms with Crippen molar-refractivity contribution >= 4 is 27.9 Å². The van der Waals surface area contributed by atoms with E-state index in [4.69, 9.17) is 0 Å². The smallest absolute Gasteiger partial charge is 0.230 e. The zero-order valence-electron chi connectivity index (χ0n) is 13.4. The maximum atomic E-state index is 13.2. The molecule has 0 saturated heterocycles. The molecule has 4 aromatic rings. The van der Waals surface area contributed by atoms with Gasteiger partial charge in [-0.3, -0.25) is 9.20 Å². The molecular formula is C19H13F2N3OS. The zero-order chi connectivity index (χ0) is 18.1. The van der Waals surface area contributed by atoms with Crippen LogP contribution in [0.4, 0.5) is 14.5 Å². The van der Waals surface area contributed by atoms with Crippen LogP contribution in [0.15, 0.2) is 60.1 Å². The highest BCUT2D eigenvalue weighted by atomic mass is 32.1. The van der Waals surface area contributed by atoms with E-state index in [9.17, 15) is 13.6 Å². The van der Waals surface area contributed by atoms with Gasteiger partial charge in [-0.15, -0.1) is 11.3 Å². The molecule has 2 aromatic heterocycles. The maximum Gasteiger partial charge on any atom is 0.230 e. The van der Waals surface area contributed by atoms with Crippen molar-refractivity contribution in [2.24, 2.45) is 0 Å². The first kappa shape index (κ1) is 16.4. The number of rotatable bonds is 4. The summed E-state index contributed by atoms with van der Waals surface area (Å²) < 4.78 is 28.3. The Kier molecular flexibility index (Phi) is 4.22. The highest BCUT2D eigenvalue weighted by Crippen LogP contribution is 2.24. The Balaban J connectivity index is 1.55. The second-order valence-corrected chi connectivity index (χ2v) is 6.59. The summed E-state index contributed by atoms with van der Waals surface area (Å²) in [6, 6.07) is 12.7. The number of benzene rings is 2. The quantitative estimate of drug-likeness (QED) is 0.575. The summed E-state index contributed by atoms with van der Waals surface area (Å²) in [5, 5.41) is 4.37. The molecule has 0 aliphatic carbocycles. The van der Waals surface area contributed by atoms with Crippen molar-refractivity contribution < 1.29 is 13.6 Å². The first-order valence-corrected chi connectivity index (χ1v) is 8.73. The van der Waals surface area contributed by atoms with Gasteiger partial charge in [0.1, 0.15) is 11.6 Å². The van der Waals surface area contributed by atoms with Crippen molar-refractivity contribution in [3.8, 4) is 11.3 Å². The molecular weight excluding hydrogens is 356 g/mol. The van der Waals surface area contributed by atoms with Crippen LogP contribution in [0.1, 0.15) is 5.69 Å². The van der Waals surface area contributed by atoms with Crippen LogP contribution < -0.4 is 5.32 Å². The molecule has 130 valence electrons. The summed E-state index contributed by atoms with van der Waals surface area (Å²) in [6.07, 6.45) is 1.95. The molecule has 0 atom stereocenters. The molecule has 1 amide bonds. The van der Waals surface area contributed by atoms with Crippen molar-refractivity contribution in [3.05, 3.63) is 77.4 Å². The highest BCUT2D eigenvalue weighted by molar-refractivity contribution is 7.15. The number of anilines is 1. The molecule has 0 aliphatic heterocycles. The number of imidazole rings is 1. The summed E-state index contributed by atoms with van der Waals surface area (Å²) in [6.45, 7) is 0. The fourth-order valence-corrected chi connectivity index (χ4v) is 3.57. The van der Waals surface area contributed by atoms with Crippen LogP contribution in [0.25, 0.3) is 16.2 Å². The summed E-state index contributed by atoms with van der Waals surface area (Å²) in [7, 11) is 0. The number of halogens is 2. The number of fused-ring (bicyclic) bond motifs is 1. The van der Waals surface area contributed by atoms with Crippen LogP contribution in [0.5, 0.6) is 0 Å². The number of carbonyl (C=O) groups is 1. The van der Waals surface area contributed by atoms with E-state index in [0.717, 1.165) is 40.1 Å². The van der Waals surface area contributed by atoms with E-state index in [1.54, 1.807) is 0 Å². The molecule has 0 spiro atoms. The van der Waals surface area contributed by atoms with Crippen molar-refractivity contribution in [1.29, 1.82) is 0 Å². The van der Waals surface area contributed by atoms with Gasteiger partial charge in [-0.25, -0.2) is 13.8 Å². The molecule has 0 fully saturated rings. The molecule has 2 heterocycles. The molecule has 0 unspecified atom stereocenters. The molecule has 0 radical (unpaired) electrons. The summed E-state index contributed by atoms with van der Waals surface area (Å²) in [5.41, 5.74) is 2.67. The Morgan fingerprint density at radius 2 is 1.85 bits per heavy atom. The number of nitrogens with one attached hydrogen (secondary N) is 1. The van der Waals surface area contributed by atoms with Crippen molar-refractivity contribution in [3.63, 3.8) is 0 Å². The van der Waals surface area contributed by atoms with Crippen LogP contribution in [0.3, 0.4) is 0 Å². The molecule has 0 saturated carbocycles. The van der Waals surface area contributed by atoms with Gasteiger partial charge in [0.15, 0.2) is 4.96 Å². The lowest BCUT2D eigenvalue weighted by atomic mass is 10.2. The molecule has 4 rings (SSSR count). The predicted molar refractivity (Wildman–Crippen MR) is 97.2 cm³/mol. The van der Waals surface area contributed by atoms with E-state index in [1.807, 2.05) is 46.3 Å². The zero-order valence-corrected chi connectivity index (χ0v) is 14.3. The average molecular weight is 369 g/mol. The van der Waals surface area contributed by atoms with E-state index in [-0.39, 0.29) is 18.0 Å². The van der Waals surface area contributed by atoms with E-state index >= 15 is 0 Å². The number of aromatic nitrogens is 2. The molecule has 1 N–H and O–H groups in total. The van der Waals surface area contributed by atoms with Crippen LogP contribution in [0.2, 0.25) is 0 Å². The number of hydrogen-bond acceptors (Lipinski definition) is 3. The molecule has 0 bridgehead atoms. The minimum Gasteiger partial charge on any atom is -0.326 e. The van der Waals surface area contributed by atoms with Crippen LogP contribution in [-0.2, 0) is 11.2 Å². The average Bonchev–Trinajstić information content (AvgIpc) is 3.17. The van der Waals surface area contributed by atoms with E-state index in [2.05, 4.69) is 10.3 Å². The number of amides is 1. The van der Waals surface area contributed by atoms with Gasteiger partial charge < -0.3 is 5.32 Å². The predicted octanol–water partition coefficient (Wildman–Crippen LogP) is 4.52. The Labute approximate surface area is 151 Å². The fraction of sp³-hybridized carbons (Fsp3) is 0.0526. The van der Waals surface area contributed by atoms with E-state index < -0.39 is 11.6 Å². The van der Waals surface area contributed by atoms with Gasteiger partial charge >= 0.3 is 0 Å². The van der Waals surface area contributed by atoms with Crippen molar-refractivity contribution in [1.82, 2.24) is 9.38 Å². The number of hydrogen-bond donors (Lipinski definition) is 1. The Hall–Kier alpha value is -3.06. The van der Waals surface area contributed by atoms with Crippen molar-refractivity contribution in [2.75, 3.05) is 5.32 Å². The molecule has 26 heavy (non-hydrogen) atoms. The largest absolute Gasteiger partial charge is 0.326 e. The summed E-state index contributed by atoms with van der Waals surface area (Å²) >= 11 is 1.43. The Bertz CT molecular complexity index is 1070. The Morgan fingerprint density at radius 1 is 1.12 bits per heavy atom. The summed E-state index contributed by atoms with van der Waals surface area (Å²) in [5.74, 6) is -1.83. The fourth-order valence-electron chi connectivity index (χ4n) is 2.70. The number of nitrogens with zero attached hydrogens (tertiary/aromatic N) is 2. The van der Waals surface area contributed by atoms with Gasteiger partial charge in [-0.05, 0) is 12.1 Å². The van der Waals surface area contributed by atoms with Crippen LogP contribution in [-0.4, -0.2) is 15.3 Å². The molecule has 7 heteroatoms. The lowest BCUT2D eigenvalue weighted by Gasteiger charge is -2.05. The van der Waals surface area contributed by atoms with Crippen LogP contribution >= 0.6 is 11.3 Å². The number of carbonyl (C=O) groups excluding carboxylic acids is 1. The topological polar surface area (TPSA) is 46.4 Å². The Morgan fingerprint density at radius 3 is 2.58 bits per heavy atom. The van der Waals surface area contributed by atoms with Gasteiger partial charge in [0, 0.05) is 34.6 Å². The van der Waals surface area contributed by atoms with Gasteiger partial charge in [-0.1, -0.05) is 30.3 Å². The lowest BCUT2D eigenvalue weighted by Crippen LogP contribution is -2.15. The van der Waals surface area contributed by atoms with Crippen molar-refractivity contribution in [2.45, 2.75) is 6.42 Å². The first-order valence-electron chi connectivity index (χ1n) is 7.85. The third-order valence-corrected chi connectivity index (χ3v) is 4.73. The SMILES string of the molecule is O=C(Cc1csc2nc(-c3ccccc3)cn12)Nc1cc(F)cc(F)c1. The third-order valence-electron chi connectivity index (χ3n) is 3.84. The van der Waals surface area contributed by atoms with Crippen LogP contribution in [0, 0.1) is 11.6 Å². The second-order valence-electron chi connectivity index (χ2n) is 5.75. The normalized spacial score (nSPS) is 11.0. The van der Waals surface area contributed by atoms with E-state index in [0.29, 0.717) is 0 Å². The third kappa shape index (κ3) is 3.34. The highest BCUT2D eigenvalue weighted by Gasteiger charge is 2.13. The first-order chi connectivity index (χ1) is 12.6. The lowest BCUT2D eigenvalue weighted by molar-refractivity contribution is -0.115. The van der Waals surface area contributed by atoms with E-state index in [1.165, 1.54) is 11.3 Å². The second kappa shape index (κ2) is 6.68. The molecule has 2 aromatic carbocycles. The van der Waals surface area contributed by atoms with Gasteiger partial charge in [0.05, 0.1) is 12.1 Å². The monoisotopic (exact) mass is 369 g/mol. The maximum absolute atomic E-state index is 13.2. The number of thiazole rings is 1. The molecule has 0 aliphatic rings. The molecule has 4 nitrogen and oxygen atoms in total. The minimum absolute atomic E-state index is 0.0721. The minimum atomic E-state index is -0.736. The van der Waals surface area contributed by atoms with Gasteiger partial charge in [0.25, 0.3) is 0 Å². The van der Waals surface area contributed by atoms with Gasteiger partial charge in [0.2, 0.25) is 5.91 Å². The summed E-state index contributed by atoms with van der Waals surface area (Å²) in [4.78, 5) is 17.6. The standard InChI is InChI=1S/C19H13F2N3OS/c20-13-6-14(21)8-15(7-13)22-18(25)9-16-11-26-19-23-17(10-24(16)19)12-4-2-1-3-5-12/h1-8,10-11H,9H2,(H,22,25). The van der Waals surface area contributed by atoms with Gasteiger partial charge in [-0.2, -0.15) is 0 Å².